The van der Waals surface area contributed by atoms with Crippen molar-refractivity contribution in [2.24, 2.45) is 0 Å². The molecule has 2 heterocycles. The first-order chi connectivity index (χ1) is 9.60. The molecule has 20 heavy (non-hydrogen) atoms. The van der Waals surface area contributed by atoms with Crippen molar-refractivity contribution in [2.45, 2.75) is 51.2 Å². The molecular formula is C15H21FN2O2. The fourth-order valence-corrected chi connectivity index (χ4v) is 2.72. The number of nitrogens with one attached hydrogen (secondary N) is 1. The van der Waals surface area contributed by atoms with Gasteiger partial charge in [0.25, 0.3) is 5.91 Å². The van der Waals surface area contributed by atoms with E-state index in [2.05, 4.69) is 24.1 Å². The van der Waals surface area contributed by atoms with E-state index in [4.69, 9.17) is 4.74 Å². The van der Waals surface area contributed by atoms with Gasteiger partial charge in [-0.05, 0) is 31.7 Å². The van der Waals surface area contributed by atoms with Gasteiger partial charge in [-0.2, -0.15) is 0 Å². The average molecular weight is 280 g/mol. The number of ether oxygens (including phenoxy) is 1. The Hall–Kier alpha value is -1.49. The summed E-state index contributed by atoms with van der Waals surface area (Å²) in [5, 5.41) is 2.91. The molecule has 1 aliphatic rings. The minimum Gasteiger partial charge on any atom is -0.375 e. The van der Waals surface area contributed by atoms with Gasteiger partial charge < -0.3 is 10.1 Å². The molecular weight excluding hydrogens is 259 g/mol. The SMILES string of the molecule is CCC1(CC)CC(NC(=O)c2ccncc2F)CCO1. The van der Waals surface area contributed by atoms with Gasteiger partial charge >= 0.3 is 0 Å². The molecule has 1 aromatic heterocycles. The first kappa shape index (κ1) is 14.9. The predicted molar refractivity (Wildman–Crippen MR) is 73.9 cm³/mol. The molecule has 1 amide bonds. The molecule has 2 rings (SSSR count). The summed E-state index contributed by atoms with van der Waals surface area (Å²) >= 11 is 0. The number of carbonyl (C=O) groups is 1. The Labute approximate surface area is 118 Å². The average Bonchev–Trinajstić information content (AvgIpc) is 2.47. The van der Waals surface area contributed by atoms with Crippen molar-refractivity contribution in [3.63, 3.8) is 0 Å². The lowest BCUT2D eigenvalue weighted by Gasteiger charge is -2.40. The van der Waals surface area contributed by atoms with Gasteiger partial charge in [0, 0.05) is 18.8 Å². The first-order valence-electron chi connectivity index (χ1n) is 7.14. The van der Waals surface area contributed by atoms with E-state index in [-0.39, 0.29) is 23.1 Å². The van der Waals surface area contributed by atoms with Crippen LogP contribution in [-0.2, 0) is 4.74 Å². The van der Waals surface area contributed by atoms with Crippen LogP contribution in [0.15, 0.2) is 18.5 Å². The molecule has 1 saturated heterocycles. The third-order valence-electron chi connectivity index (χ3n) is 4.13. The van der Waals surface area contributed by atoms with Gasteiger partial charge in [-0.1, -0.05) is 13.8 Å². The Kier molecular flexibility index (Phi) is 4.70. The standard InChI is InChI=1S/C15H21FN2O2/c1-3-15(4-2)9-11(6-8-20-15)18-14(19)12-5-7-17-10-13(12)16/h5,7,10-11H,3-4,6,8-9H2,1-2H3,(H,18,19). The van der Waals surface area contributed by atoms with Gasteiger partial charge in [0.1, 0.15) is 0 Å². The number of amides is 1. The second kappa shape index (κ2) is 6.31. The third-order valence-corrected chi connectivity index (χ3v) is 4.13. The van der Waals surface area contributed by atoms with Crippen LogP contribution in [0.25, 0.3) is 0 Å². The van der Waals surface area contributed by atoms with Crippen LogP contribution in [0.1, 0.15) is 49.9 Å². The van der Waals surface area contributed by atoms with E-state index in [9.17, 15) is 9.18 Å². The lowest BCUT2D eigenvalue weighted by Crippen LogP contribution is -2.48. The molecule has 0 spiro atoms. The Morgan fingerprint density at radius 3 is 2.95 bits per heavy atom. The largest absolute Gasteiger partial charge is 0.375 e. The molecule has 1 atom stereocenters. The Balaban J connectivity index is 2.03. The molecule has 1 aromatic rings. The van der Waals surface area contributed by atoms with E-state index in [0.717, 1.165) is 31.9 Å². The molecule has 1 fully saturated rings. The monoisotopic (exact) mass is 280 g/mol. The van der Waals surface area contributed by atoms with E-state index in [0.29, 0.717) is 6.61 Å². The minimum absolute atomic E-state index is 0.0312. The summed E-state index contributed by atoms with van der Waals surface area (Å²) in [5.74, 6) is -0.966. The summed E-state index contributed by atoms with van der Waals surface area (Å²) in [4.78, 5) is 15.8. The number of hydrogen-bond acceptors (Lipinski definition) is 3. The molecule has 110 valence electrons. The molecule has 0 saturated carbocycles. The highest BCUT2D eigenvalue weighted by molar-refractivity contribution is 5.94. The minimum atomic E-state index is -0.589. The summed E-state index contributed by atoms with van der Waals surface area (Å²) in [7, 11) is 0. The quantitative estimate of drug-likeness (QED) is 0.922. The van der Waals surface area contributed by atoms with Crippen molar-refractivity contribution in [3.05, 3.63) is 29.8 Å². The number of pyridine rings is 1. The summed E-state index contributed by atoms with van der Waals surface area (Å²) in [6.07, 6.45) is 5.85. The summed E-state index contributed by atoms with van der Waals surface area (Å²) in [5.41, 5.74) is -0.113. The van der Waals surface area contributed by atoms with E-state index >= 15 is 0 Å². The normalized spacial score (nSPS) is 21.4. The second-order valence-corrected chi connectivity index (χ2v) is 5.26. The highest BCUT2D eigenvalue weighted by atomic mass is 19.1. The Morgan fingerprint density at radius 2 is 2.30 bits per heavy atom. The molecule has 1 N–H and O–H groups in total. The molecule has 0 aromatic carbocycles. The zero-order chi connectivity index (χ0) is 14.6. The third kappa shape index (κ3) is 3.15. The van der Waals surface area contributed by atoms with Crippen molar-refractivity contribution >= 4 is 5.91 Å². The van der Waals surface area contributed by atoms with Crippen LogP contribution < -0.4 is 5.32 Å². The number of hydrogen-bond donors (Lipinski definition) is 1. The number of carbonyl (C=O) groups excluding carboxylic acids is 1. The highest BCUT2D eigenvalue weighted by Crippen LogP contribution is 2.31. The van der Waals surface area contributed by atoms with Gasteiger partial charge in [0.05, 0.1) is 17.4 Å². The molecule has 1 aliphatic heterocycles. The van der Waals surface area contributed by atoms with E-state index in [1.807, 2.05) is 0 Å². The lowest BCUT2D eigenvalue weighted by atomic mass is 9.86. The topological polar surface area (TPSA) is 51.2 Å². The first-order valence-corrected chi connectivity index (χ1v) is 7.14. The van der Waals surface area contributed by atoms with Crippen LogP contribution in [0.5, 0.6) is 0 Å². The van der Waals surface area contributed by atoms with E-state index in [1.54, 1.807) is 0 Å². The highest BCUT2D eigenvalue weighted by Gasteiger charge is 2.35. The smallest absolute Gasteiger partial charge is 0.254 e. The number of nitrogens with zero attached hydrogens (tertiary/aromatic N) is 1. The molecule has 1 unspecified atom stereocenters. The molecule has 0 bridgehead atoms. The maximum absolute atomic E-state index is 13.5. The van der Waals surface area contributed by atoms with Gasteiger partial charge in [-0.25, -0.2) is 4.39 Å². The van der Waals surface area contributed by atoms with Crippen molar-refractivity contribution in [3.8, 4) is 0 Å². The van der Waals surface area contributed by atoms with Crippen molar-refractivity contribution in [1.29, 1.82) is 0 Å². The van der Waals surface area contributed by atoms with Crippen molar-refractivity contribution in [2.75, 3.05) is 6.61 Å². The number of aromatic nitrogens is 1. The van der Waals surface area contributed by atoms with Crippen LogP contribution in [-0.4, -0.2) is 29.1 Å². The van der Waals surface area contributed by atoms with Crippen LogP contribution >= 0.6 is 0 Å². The fourth-order valence-electron chi connectivity index (χ4n) is 2.72. The van der Waals surface area contributed by atoms with Gasteiger partial charge in [-0.15, -0.1) is 0 Å². The number of rotatable bonds is 4. The fraction of sp³-hybridized carbons (Fsp3) is 0.600. The van der Waals surface area contributed by atoms with Gasteiger partial charge in [0.2, 0.25) is 0 Å². The van der Waals surface area contributed by atoms with Crippen LogP contribution in [0, 0.1) is 5.82 Å². The lowest BCUT2D eigenvalue weighted by molar-refractivity contribution is -0.0917. The maximum atomic E-state index is 13.5. The molecule has 5 heteroatoms. The summed E-state index contributed by atoms with van der Waals surface area (Å²) in [6.45, 7) is 4.82. The van der Waals surface area contributed by atoms with Gasteiger partial charge in [-0.3, -0.25) is 9.78 Å². The Morgan fingerprint density at radius 1 is 1.55 bits per heavy atom. The van der Waals surface area contributed by atoms with E-state index in [1.165, 1.54) is 12.3 Å². The second-order valence-electron chi connectivity index (χ2n) is 5.26. The molecule has 0 radical (unpaired) electrons. The van der Waals surface area contributed by atoms with Crippen molar-refractivity contribution < 1.29 is 13.9 Å². The molecule has 0 aliphatic carbocycles. The van der Waals surface area contributed by atoms with Crippen LogP contribution in [0.2, 0.25) is 0 Å². The summed E-state index contributed by atoms with van der Waals surface area (Å²) in [6, 6.07) is 1.43. The molecule has 4 nitrogen and oxygen atoms in total. The predicted octanol–water partition coefficient (Wildman–Crippen LogP) is 2.69. The summed E-state index contributed by atoms with van der Waals surface area (Å²) < 4.78 is 19.4. The zero-order valence-electron chi connectivity index (χ0n) is 12.0. The zero-order valence-corrected chi connectivity index (χ0v) is 12.0. The van der Waals surface area contributed by atoms with Crippen LogP contribution in [0.4, 0.5) is 4.39 Å². The van der Waals surface area contributed by atoms with Crippen molar-refractivity contribution in [1.82, 2.24) is 10.3 Å². The van der Waals surface area contributed by atoms with Gasteiger partial charge in [0.15, 0.2) is 5.82 Å². The van der Waals surface area contributed by atoms with Crippen LogP contribution in [0.3, 0.4) is 0 Å². The van der Waals surface area contributed by atoms with E-state index < -0.39 is 5.82 Å². The number of halogens is 1. The Bertz CT molecular complexity index is 475. The maximum Gasteiger partial charge on any atom is 0.254 e.